The molecule has 0 saturated carbocycles. The van der Waals surface area contributed by atoms with Gasteiger partial charge in [-0.3, -0.25) is 14.4 Å². The summed E-state index contributed by atoms with van der Waals surface area (Å²) in [6.07, 6.45) is 4.81. The molecule has 2 heterocycles. The van der Waals surface area contributed by atoms with Crippen molar-refractivity contribution in [3.63, 3.8) is 0 Å². The maximum absolute atomic E-state index is 13.5. The predicted molar refractivity (Wildman–Crippen MR) is 150 cm³/mol. The summed E-state index contributed by atoms with van der Waals surface area (Å²) in [5.41, 5.74) is 13.6. The number of carboxylic acid groups (broad SMARTS) is 1. The van der Waals surface area contributed by atoms with Gasteiger partial charge in [0.15, 0.2) is 0 Å². The molecule has 3 rings (SSSR count). The number of aromatic nitrogens is 3. The van der Waals surface area contributed by atoms with E-state index in [0.29, 0.717) is 31.5 Å². The molecule has 1 aromatic carbocycles. The van der Waals surface area contributed by atoms with Crippen molar-refractivity contribution in [2.45, 2.75) is 69.3 Å². The predicted octanol–water partition coefficient (Wildman–Crippen LogP) is -0.948. The molecule has 0 saturated heterocycles. The number of nitrogens with zero attached hydrogens (tertiary/aromatic N) is 1. The molecule has 41 heavy (non-hydrogen) atoms. The number of para-hydroxylation sites is 1. The van der Waals surface area contributed by atoms with Crippen LogP contribution in [0, 0.1) is 0 Å². The number of fused-ring (bicyclic) bond motifs is 1. The highest BCUT2D eigenvalue weighted by Crippen LogP contribution is 2.19. The molecule has 5 atom stereocenters. The number of amides is 3. The maximum atomic E-state index is 13.5. The van der Waals surface area contributed by atoms with Crippen molar-refractivity contribution in [3.05, 3.63) is 54.2 Å². The molecule has 11 N–H and O–H groups in total. The van der Waals surface area contributed by atoms with Crippen LogP contribution >= 0.6 is 0 Å². The fraction of sp³-hybridized carbons (Fsp3) is 0.444. The Morgan fingerprint density at radius 3 is 2.37 bits per heavy atom. The van der Waals surface area contributed by atoms with Crippen LogP contribution in [0.4, 0.5) is 0 Å². The summed E-state index contributed by atoms with van der Waals surface area (Å²) in [5.74, 6) is -3.52. The highest BCUT2D eigenvalue weighted by molar-refractivity contribution is 5.95. The molecule has 5 unspecified atom stereocenters. The van der Waals surface area contributed by atoms with E-state index in [1.165, 1.54) is 19.4 Å². The van der Waals surface area contributed by atoms with Crippen LogP contribution < -0.4 is 27.4 Å². The highest BCUT2D eigenvalue weighted by atomic mass is 16.4. The largest absolute Gasteiger partial charge is 0.480 e. The van der Waals surface area contributed by atoms with E-state index < -0.39 is 54.0 Å². The van der Waals surface area contributed by atoms with E-state index in [1.54, 1.807) is 6.20 Å². The van der Waals surface area contributed by atoms with Crippen molar-refractivity contribution in [1.82, 2.24) is 30.9 Å². The van der Waals surface area contributed by atoms with E-state index in [1.807, 2.05) is 24.3 Å². The van der Waals surface area contributed by atoms with Gasteiger partial charge >= 0.3 is 5.97 Å². The van der Waals surface area contributed by atoms with Crippen molar-refractivity contribution in [3.8, 4) is 0 Å². The molecule has 0 bridgehead atoms. The lowest BCUT2D eigenvalue weighted by atomic mass is 10.0. The quantitative estimate of drug-likeness (QED) is 0.0963. The topological polar surface area (TPSA) is 241 Å². The van der Waals surface area contributed by atoms with Gasteiger partial charge in [0.05, 0.1) is 18.5 Å². The second-order valence-corrected chi connectivity index (χ2v) is 9.92. The van der Waals surface area contributed by atoms with Gasteiger partial charge in [0, 0.05) is 41.8 Å². The number of aliphatic hydroxyl groups is 1. The molecule has 0 radical (unpaired) electrons. The van der Waals surface area contributed by atoms with Gasteiger partial charge in [-0.25, -0.2) is 9.78 Å². The smallest absolute Gasteiger partial charge is 0.326 e. The van der Waals surface area contributed by atoms with E-state index >= 15 is 0 Å². The molecular weight excluding hydrogens is 532 g/mol. The third-order valence-electron chi connectivity index (χ3n) is 6.69. The molecule has 14 nitrogen and oxygen atoms in total. The van der Waals surface area contributed by atoms with Crippen LogP contribution in [0.2, 0.25) is 0 Å². The van der Waals surface area contributed by atoms with Crippen LogP contribution in [0.1, 0.15) is 37.4 Å². The molecule has 0 aliphatic heterocycles. The first kappa shape index (κ1) is 31.3. The fourth-order valence-electron chi connectivity index (χ4n) is 4.39. The molecule has 0 aliphatic carbocycles. The van der Waals surface area contributed by atoms with Crippen LogP contribution in [0.3, 0.4) is 0 Å². The van der Waals surface area contributed by atoms with E-state index in [4.69, 9.17) is 11.5 Å². The maximum Gasteiger partial charge on any atom is 0.326 e. The molecule has 0 fully saturated rings. The number of nitrogens with one attached hydrogen (secondary N) is 5. The number of hydrogen-bond donors (Lipinski definition) is 9. The number of imidazole rings is 1. The summed E-state index contributed by atoms with van der Waals surface area (Å²) in [5, 5.41) is 28.3. The lowest BCUT2D eigenvalue weighted by Crippen LogP contribution is -2.60. The molecule has 222 valence electrons. The van der Waals surface area contributed by atoms with Gasteiger partial charge in [0.1, 0.15) is 18.1 Å². The first-order chi connectivity index (χ1) is 19.6. The zero-order valence-corrected chi connectivity index (χ0v) is 22.8. The number of carbonyl (C=O) groups excluding carboxylic acids is 3. The van der Waals surface area contributed by atoms with Gasteiger partial charge in [-0.15, -0.1) is 0 Å². The van der Waals surface area contributed by atoms with Gasteiger partial charge < -0.3 is 47.6 Å². The van der Waals surface area contributed by atoms with Gasteiger partial charge in [0.2, 0.25) is 17.7 Å². The summed E-state index contributed by atoms with van der Waals surface area (Å²) in [7, 11) is 0. The lowest BCUT2D eigenvalue weighted by molar-refractivity contribution is -0.143. The minimum atomic E-state index is -1.51. The Morgan fingerprint density at radius 1 is 0.976 bits per heavy atom. The van der Waals surface area contributed by atoms with Gasteiger partial charge in [-0.1, -0.05) is 24.6 Å². The van der Waals surface area contributed by atoms with Crippen molar-refractivity contribution >= 4 is 34.6 Å². The van der Waals surface area contributed by atoms with Crippen LogP contribution in [-0.4, -0.2) is 85.7 Å². The lowest BCUT2D eigenvalue weighted by Gasteiger charge is -2.26. The Morgan fingerprint density at radius 2 is 1.71 bits per heavy atom. The molecule has 0 spiro atoms. The number of nitrogens with two attached hydrogens (primary N) is 2. The zero-order chi connectivity index (χ0) is 29.9. The molecule has 0 aliphatic rings. The average molecular weight is 571 g/mol. The van der Waals surface area contributed by atoms with Crippen LogP contribution in [0.5, 0.6) is 0 Å². The first-order valence-electron chi connectivity index (χ1n) is 13.4. The van der Waals surface area contributed by atoms with Gasteiger partial charge in [-0.2, -0.15) is 0 Å². The monoisotopic (exact) mass is 570 g/mol. The van der Waals surface area contributed by atoms with Crippen molar-refractivity contribution in [1.29, 1.82) is 0 Å². The number of hydrogen-bond acceptors (Lipinski definition) is 8. The van der Waals surface area contributed by atoms with Crippen molar-refractivity contribution < 1.29 is 29.4 Å². The number of carboxylic acids is 1. The van der Waals surface area contributed by atoms with Crippen LogP contribution in [0.25, 0.3) is 10.9 Å². The fourth-order valence-corrected chi connectivity index (χ4v) is 4.39. The van der Waals surface area contributed by atoms with E-state index in [2.05, 4.69) is 30.9 Å². The summed E-state index contributed by atoms with van der Waals surface area (Å²) in [4.78, 5) is 61.0. The molecule has 14 heteroatoms. The Bertz CT molecular complexity index is 1310. The number of H-pyrrole nitrogens is 2. The SMILES string of the molecule is CC(O)C(NC(=O)C(Cc1c[nH]c2ccccc12)NC(=O)C(N)CCCCN)C(=O)NC(Cc1cnc[nH]1)C(=O)O. The number of aliphatic carboxylic acids is 1. The summed E-state index contributed by atoms with van der Waals surface area (Å²) < 4.78 is 0. The minimum Gasteiger partial charge on any atom is -0.480 e. The minimum absolute atomic E-state index is 0.0584. The number of unbranched alkanes of at least 4 members (excludes halogenated alkanes) is 1. The van der Waals surface area contributed by atoms with Crippen LogP contribution in [-0.2, 0) is 32.0 Å². The Balaban J connectivity index is 1.78. The second kappa shape index (κ2) is 14.9. The number of aliphatic hydroxyl groups excluding tert-OH is 1. The number of rotatable bonds is 16. The van der Waals surface area contributed by atoms with E-state index in [-0.39, 0.29) is 12.8 Å². The third-order valence-corrected chi connectivity index (χ3v) is 6.69. The normalized spacial score (nSPS) is 14.9. The van der Waals surface area contributed by atoms with Crippen LogP contribution in [0.15, 0.2) is 43.0 Å². The molecule has 3 amide bonds. The number of benzene rings is 1. The zero-order valence-electron chi connectivity index (χ0n) is 22.8. The Hall–Kier alpha value is -4.27. The average Bonchev–Trinajstić information content (AvgIpc) is 3.60. The van der Waals surface area contributed by atoms with Crippen molar-refractivity contribution in [2.75, 3.05) is 6.54 Å². The highest BCUT2D eigenvalue weighted by Gasteiger charge is 2.33. The van der Waals surface area contributed by atoms with Crippen molar-refractivity contribution in [2.24, 2.45) is 11.5 Å². The number of aromatic amines is 2. The Labute approximate surface area is 236 Å². The number of carbonyl (C=O) groups is 4. The summed E-state index contributed by atoms with van der Waals surface area (Å²) in [6, 6.07) is 2.55. The molecule has 3 aromatic rings. The third kappa shape index (κ3) is 8.86. The molecular formula is C27H38N8O6. The Kier molecular flexibility index (Phi) is 11.4. The van der Waals surface area contributed by atoms with Gasteiger partial charge in [-0.05, 0) is 37.9 Å². The molecule has 2 aromatic heterocycles. The standard InChI is InChI=1S/C27H38N8O6/c1-15(36)23(26(39)34-22(27(40)41)11-17-13-30-14-32-17)35-25(38)21(33-24(37)19(29)7-4-5-9-28)10-16-12-31-20-8-3-2-6-18(16)20/h2-3,6,8,12-15,19,21-23,31,36H,4-5,7,9-11,28-29H2,1H3,(H,30,32)(H,33,37)(H,34,39)(H,35,38)(H,40,41). The first-order valence-corrected chi connectivity index (χ1v) is 13.4. The van der Waals surface area contributed by atoms with Gasteiger partial charge in [0.25, 0.3) is 0 Å². The summed E-state index contributed by atoms with van der Waals surface area (Å²) in [6.45, 7) is 1.75. The van der Waals surface area contributed by atoms with E-state index in [9.17, 15) is 29.4 Å². The van der Waals surface area contributed by atoms with E-state index in [0.717, 1.165) is 16.5 Å². The summed E-state index contributed by atoms with van der Waals surface area (Å²) >= 11 is 0. The second-order valence-electron chi connectivity index (χ2n) is 9.92.